The number of nitrogens with zero attached hydrogens (tertiary/aromatic N) is 1. The first-order chi connectivity index (χ1) is 10.5. The lowest BCUT2D eigenvalue weighted by molar-refractivity contribution is -0.140. The van der Waals surface area contributed by atoms with Gasteiger partial charge >= 0.3 is 11.7 Å². The Morgan fingerprint density at radius 2 is 1.82 bits per heavy atom. The van der Waals surface area contributed by atoms with Crippen LogP contribution in [0.4, 0.5) is 5.82 Å². The molecule has 1 saturated carbocycles. The second kappa shape index (κ2) is 5.43. The molecule has 3 N–H and O–H groups in total. The van der Waals surface area contributed by atoms with E-state index in [9.17, 15) is 24.3 Å². The van der Waals surface area contributed by atoms with Crippen molar-refractivity contribution in [3.63, 3.8) is 0 Å². The van der Waals surface area contributed by atoms with Gasteiger partial charge in [0, 0.05) is 12.5 Å². The molecule has 1 aromatic rings. The topological polar surface area (TPSA) is 121 Å². The van der Waals surface area contributed by atoms with E-state index in [0.717, 1.165) is 32.1 Å². The van der Waals surface area contributed by atoms with E-state index in [-0.39, 0.29) is 23.8 Å². The van der Waals surface area contributed by atoms with Crippen molar-refractivity contribution in [2.24, 2.45) is 0 Å². The van der Waals surface area contributed by atoms with Gasteiger partial charge in [-0.2, -0.15) is 0 Å². The number of anilines is 1. The van der Waals surface area contributed by atoms with E-state index in [1.54, 1.807) is 0 Å². The summed E-state index contributed by atoms with van der Waals surface area (Å²) in [6, 6.07) is -0.125. The van der Waals surface area contributed by atoms with Gasteiger partial charge < -0.3 is 10.4 Å². The molecule has 0 bridgehead atoms. The number of carboxylic acid groups (broad SMARTS) is 1. The van der Waals surface area contributed by atoms with Crippen LogP contribution in [-0.4, -0.2) is 26.5 Å². The third kappa shape index (κ3) is 2.34. The second-order valence-corrected chi connectivity index (χ2v) is 5.83. The molecule has 1 aromatic heterocycles. The molecular weight excluding hydrogens is 290 g/mol. The van der Waals surface area contributed by atoms with Gasteiger partial charge in [0.05, 0.1) is 11.5 Å². The summed E-state index contributed by atoms with van der Waals surface area (Å²) in [5.41, 5.74) is -1.36. The number of hydrogen-bond donors (Lipinski definition) is 3. The first kappa shape index (κ1) is 14.6. The lowest BCUT2D eigenvalue weighted by atomic mass is 9.91. The third-order valence-electron chi connectivity index (χ3n) is 4.41. The lowest BCUT2D eigenvalue weighted by Gasteiger charge is -2.30. The fourth-order valence-electron chi connectivity index (χ4n) is 3.38. The molecule has 8 heteroatoms. The molecule has 1 aliphatic heterocycles. The Bertz CT molecular complexity index is 742. The molecule has 2 aliphatic rings. The van der Waals surface area contributed by atoms with E-state index in [0.29, 0.717) is 0 Å². The molecule has 22 heavy (non-hydrogen) atoms. The highest BCUT2D eigenvalue weighted by atomic mass is 16.4. The van der Waals surface area contributed by atoms with Gasteiger partial charge in [0.25, 0.3) is 5.56 Å². The first-order valence-electron chi connectivity index (χ1n) is 7.40. The molecule has 0 aromatic carbocycles. The number of carbonyl (C=O) groups excluding carboxylic acids is 1. The number of carboxylic acids is 1. The Kier molecular flexibility index (Phi) is 3.59. The quantitative estimate of drug-likeness (QED) is 0.736. The zero-order valence-corrected chi connectivity index (χ0v) is 11.9. The van der Waals surface area contributed by atoms with Crippen molar-refractivity contribution in [2.75, 3.05) is 5.32 Å². The van der Waals surface area contributed by atoms with Crippen LogP contribution in [0.15, 0.2) is 9.59 Å². The van der Waals surface area contributed by atoms with Gasteiger partial charge in [0.15, 0.2) is 0 Å². The molecule has 1 atom stereocenters. The number of rotatable bonds is 2. The van der Waals surface area contributed by atoms with Crippen LogP contribution in [0.25, 0.3) is 0 Å². The fourth-order valence-corrected chi connectivity index (χ4v) is 3.38. The molecule has 0 saturated heterocycles. The summed E-state index contributed by atoms with van der Waals surface area (Å²) in [4.78, 5) is 49.6. The molecule has 1 fully saturated rings. The number of aromatic nitrogens is 2. The van der Waals surface area contributed by atoms with Crippen LogP contribution < -0.4 is 16.6 Å². The first-order valence-corrected chi connectivity index (χ1v) is 7.40. The average Bonchev–Trinajstić information content (AvgIpc) is 2.47. The third-order valence-corrected chi connectivity index (χ3v) is 4.41. The summed E-state index contributed by atoms with van der Waals surface area (Å²) >= 11 is 0. The summed E-state index contributed by atoms with van der Waals surface area (Å²) in [5, 5.41) is 11.8. The van der Waals surface area contributed by atoms with Crippen molar-refractivity contribution in [1.82, 2.24) is 9.55 Å². The Labute approximate surface area is 125 Å². The molecule has 118 valence electrons. The van der Waals surface area contributed by atoms with Gasteiger partial charge in [-0.1, -0.05) is 19.3 Å². The van der Waals surface area contributed by atoms with Gasteiger partial charge in [0.1, 0.15) is 5.82 Å². The molecule has 3 rings (SSSR count). The normalized spacial score (nSPS) is 22.0. The van der Waals surface area contributed by atoms with Crippen molar-refractivity contribution >= 4 is 17.7 Å². The average molecular weight is 307 g/mol. The van der Waals surface area contributed by atoms with E-state index in [1.807, 2.05) is 0 Å². The fraction of sp³-hybridized carbons (Fsp3) is 0.571. The number of hydrogen-bond acceptors (Lipinski definition) is 4. The monoisotopic (exact) mass is 307 g/mol. The molecule has 1 unspecified atom stereocenters. The molecule has 2 heterocycles. The summed E-state index contributed by atoms with van der Waals surface area (Å²) in [7, 11) is 0. The van der Waals surface area contributed by atoms with Crippen LogP contribution in [0, 0.1) is 0 Å². The minimum absolute atomic E-state index is 0.0303. The highest BCUT2D eigenvalue weighted by molar-refractivity contribution is 5.98. The van der Waals surface area contributed by atoms with Gasteiger partial charge in [-0.25, -0.2) is 4.79 Å². The number of aliphatic carboxylic acids is 1. The van der Waals surface area contributed by atoms with Crippen molar-refractivity contribution in [1.29, 1.82) is 0 Å². The van der Waals surface area contributed by atoms with Gasteiger partial charge in [-0.15, -0.1) is 0 Å². The SMILES string of the molecule is O=C1CC(C(=O)O)c2c(n(C3CCCCC3)c(=O)[nH]c2=O)N1. The molecule has 0 radical (unpaired) electrons. The Morgan fingerprint density at radius 1 is 1.14 bits per heavy atom. The van der Waals surface area contributed by atoms with Gasteiger partial charge in [-0.05, 0) is 12.8 Å². The highest BCUT2D eigenvalue weighted by Gasteiger charge is 2.36. The summed E-state index contributed by atoms with van der Waals surface area (Å²) in [6.45, 7) is 0. The number of nitrogens with one attached hydrogen (secondary N) is 2. The standard InChI is InChI=1S/C14H17N3O5/c18-9-6-8(13(20)21)10-11(15-9)17(14(22)16-12(10)19)7-4-2-1-3-5-7/h7-8H,1-6H2,(H,15,18)(H,20,21)(H,16,19,22). The van der Waals surface area contributed by atoms with E-state index < -0.39 is 29.0 Å². The number of fused-ring (bicyclic) bond motifs is 1. The zero-order chi connectivity index (χ0) is 15.9. The Hall–Kier alpha value is -2.38. The smallest absolute Gasteiger partial charge is 0.330 e. The molecular formula is C14H17N3O5. The van der Waals surface area contributed by atoms with Crippen LogP contribution in [0.1, 0.15) is 56.0 Å². The maximum absolute atomic E-state index is 12.2. The summed E-state index contributed by atoms with van der Waals surface area (Å²) in [6.07, 6.45) is 4.25. The van der Waals surface area contributed by atoms with Crippen molar-refractivity contribution in [2.45, 2.75) is 50.5 Å². The number of aromatic amines is 1. The predicted octanol–water partition coefficient (Wildman–Crippen LogP) is 0.552. The Morgan fingerprint density at radius 3 is 2.45 bits per heavy atom. The number of H-pyrrole nitrogens is 1. The van der Waals surface area contributed by atoms with Crippen molar-refractivity contribution < 1.29 is 14.7 Å². The van der Waals surface area contributed by atoms with Crippen LogP contribution in [0.2, 0.25) is 0 Å². The van der Waals surface area contributed by atoms with Gasteiger partial charge in [0.2, 0.25) is 5.91 Å². The summed E-state index contributed by atoms with van der Waals surface area (Å²) < 4.78 is 1.36. The summed E-state index contributed by atoms with van der Waals surface area (Å²) in [5.74, 6) is -2.89. The second-order valence-electron chi connectivity index (χ2n) is 5.83. The van der Waals surface area contributed by atoms with E-state index >= 15 is 0 Å². The number of carbonyl (C=O) groups is 2. The van der Waals surface area contributed by atoms with Crippen LogP contribution in [-0.2, 0) is 9.59 Å². The zero-order valence-electron chi connectivity index (χ0n) is 11.9. The lowest BCUT2D eigenvalue weighted by Crippen LogP contribution is -2.43. The van der Waals surface area contributed by atoms with E-state index in [1.165, 1.54) is 4.57 Å². The van der Waals surface area contributed by atoms with E-state index in [2.05, 4.69) is 10.3 Å². The predicted molar refractivity (Wildman–Crippen MR) is 77.1 cm³/mol. The highest BCUT2D eigenvalue weighted by Crippen LogP contribution is 2.34. The van der Waals surface area contributed by atoms with Crippen molar-refractivity contribution in [3.8, 4) is 0 Å². The largest absolute Gasteiger partial charge is 0.481 e. The molecule has 1 aliphatic carbocycles. The maximum atomic E-state index is 12.2. The number of amides is 1. The molecule has 0 spiro atoms. The van der Waals surface area contributed by atoms with Crippen LogP contribution in [0.5, 0.6) is 0 Å². The molecule has 8 nitrogen and oxygen atoms in total. The van der Waals surface area contributed by atoms with Crippen LogP contribution >= 0.6 is 0 Å². The van der Waals surface area contributed by atoms with Gasteiger partial charge in [-0.3, -0.25) is 23.9 Å². The maximum Gasteiger partial charge on any atom is 0.330 e. The minimum atomic E-state index is -1.24. The minimum Gasteiger partial charge on any atom is -0.481 e. The van der Waals surface area contributed by atoms with Crippen molar-refractivity contribution in [3.05, 3.63) is 26.4 Å². The Balaban J connectivity index is 2.21. The van der Waals surface area contributed by atoms with Crippen LogP contribution in [0.3, 0.4) is 0 Å². The molecule has 1 amide bonds. The van der Waals surface area contributed by atoms with E-state index in [4.69, 9.17) is 0 Å².